The Morgan fingerprint density at radius 1 is 1.07 bits per heavy atom. The summed E-state index contributed by atoms with van der Waals surface area (Å²) in [6.07, 6.45) is 0. The molecule has 0 unspecified atom stereocenters. The molecule has 6 nitrogen and oxygen atoms in total. The van der Waals surface area contributed by atoms with Gasteiger partial charge in [-0.3, -0.25) is 4.79 Å². The first kappa shape index (κ1) is 20.6. The highest BCUT2D eigenvalue weighted by Gasteiger charge is 2.16. The number of benzene rings is 2. The zero-order valence-corrected chi connectivity index (χ0v) is 16.9. The van der Waals surface area contributed by atoms with E-state index >= 15 is 0 Å². The van der Waals surface area contributed by atoms with Gasteiger partial charge in [-0.05, 0) is 44.0 Å². The van der Waals surface area contributed by atoms with Gasteiger partial charge < -0.3 is 20.3 Å². The van der Waals surface area contributed by atoms with E-state index in [1.165, 1.54) is 12.0 Å². The van der Waals surface area contributed by atoms with Crippen molar-refractivity contribution in [2.24, 2.45) is 0 Å². The number of carbonyl (C=O) groups excluding carboxylic acids is 2. The number of likely N-dealkylation sites (N-methyl/N-ethyl adjacent to an activating group) is 1. The Bertz CT molecular complexity index is 845. The highest BCUT2D eigenvalue weighted by molar-refractivity contribution is 6.33. The van der Waals surface area contributed by atoms with Crippen LogP contribution in [0.2, 0.25) is 5.02 Å². The molecule has 144 valence electrons. The van der Waals surface area contributed by atoms with Gasteiger partial charge in [0.25, 0.3) is 0 Å². The van der Waals surface area contributed by atoms with E-state index in [9.17, 15) is 9.59 Å². The van der Waals surface area contributed by atoms with Crippen molar-refractivity contribution in [2.75, 3.05) is 31.3 Å². The van der Waals surface area contributed by atoms with Crippen LogP contribution in [0.5, 0.6) is 5.75 Å². The Labute approximate surface area is 164 Å². The zero-order valence-electron chi connectivity index (χ0n) is 16.1. The number of methoxy groups -OCH3 is 1. The van der Waals surface area contributed by atoms with Gasteiger partial charge >= 0.3 is 6.03 Å². The number of hydrogen-bond acceptors (Lipinski definition) is 3. The van der Waals surface area contributed by atoms with E-state index in [-0.39, 0.29) is 12.5 Å². The van der Waals surface area contributed by atoms with Gasteiger partial charge in [0.05, 0.1) is 17.8 Å². The average molecular weight is 390 g/mol. The van der Waals surface area contributed by atoms with E-state index in [1.54, 1.807) is 25.2 Å². The number of hydrogen-bond donors (Lipinski definition) is 2. The van der Waals surface area contributed by atoms with Crippen molar-refractivity contribution in [3.05, 3.63) is 52.0 Å². The summed E-state index contributed by atoms with van der Waals surface area (Å²) in [5.74, 6) is 0.318. The van der Waals surface area contributed by atoms with Crippen LogP contribution in [0.1, 0.15) is 16.7 Å². The minimum atomic E-state index is -0.436. The van der Waals surface area contributed by atoms with E-state index in [1.807, 2.05) is 32.9 Å². The van der Waals surface area contributed by atoms with Crippen LogP contribution in [0, 0.1) is 20.8 Å². The minimum absolute atomic E-state index is 0.0909. The molecule has 0 bridgehead atoms. The molecule has 2 rings (SSSR count). The predicted molar refractivity (Wildman–Crippen MR) is 109 cm³/mol. The van der Waals surface area contributed by atoms with Crippen LogP contribution in [0.4, 0.5) is 16.2 Å². The van der Waals surface area contributed by atoms with Crippen molar-refractivity contribution in [1.82, 2.24) is 4.90 Å². The van der Waals surface area contributed by atoms with Crippen LogP contribution >= 0.6 is 11.6 Å². The number of aryl methyl sites for hydroxylation is 3. The molecular formula is C20H24ClN3O3. The third-order valence-corrected chi connectivity index (χ3v) is 4.40. The van der Waals surface area contributed by atoms with Crippen molar-refractivity contribution in [3.63, 3.8) is 0 Å². The lowest BCUT2D eigenvalue weighted by atomic mass is 10.1. The van der Waals surface area contributed by atoms with Crippen LogP contribution < -0.4 is 15.4 Å². The molecule has 7 heteroatoms. The first-order valence-corrected chi connectivity index (χ1v) is 8.82. The molecule has 0 aliphatic heterocycles. The summed E-state index contributed by atoms with van der Waals surface area (Å²) >= 11 is 6.13. The normalized spacial score (nSPS) is 10.3. The average Bonchev–Trinajstić information content (AvgIpc) is 2.59. The fourth-order valence-electron chi connectivity index (χ4n) is 2.78. The Balaban J connectivity index is 1.99. The summed E-state index contributed by atoms with van der Waals surface area (Å²) in [5.41, 5.74) is 4.32. The second kappa shape index (κ2) is 8.77. The number of nitrogens with zero attached hydrogens (tertiary/aromatic N) is 1. The van der Waals surface area contributed by atoms with E-state index in [4.69, 9.17) is 16.3 Å². The molecule has 0 radical (unpaired) electrons. The minimum Gasteiger partial charge on any atom is -0.497 e. The van der Waals surface area contributed by atoms with E-state index in [0.29, 0.717) is 16.5 Å². The summed E-state index contributed by atoms with van der Waals surface area (Å²) in [5, 5.41) is 5.91. The van der Waals surface area contributed by atoms with Gasteiger partial charge in [-0.25, -0.2) is 4.79 Å². The molecule has 2 N–H and O–H groups in total. The molecule has 0 aliphatic rings. The monoisotopic (exact) mass is 389 g/mol. The van der Waals surface area contributed by atoms with Crippen LogP contribution in [0.3, 0.4) is 0 Å². The molecule has 3 amide bonds. The van der Waals surface area contributed by atoms with Crippen LogP contribution in [0.25, 0.3) is 0 Å². The molecule has 0 aliphatic carbocycles. The number of rotatable bonds is 5. The lowest BCUT2D eigenvalue weighted by Crippen LogP contribution is -2.37. The SMILES string of the molecule is COc1ccc(NC(=O)N(C)CC(=O)Nc2c(C)cc(C)cc2C)c(Cl)c1. The molecule has 2 aromatic rings. The second-order valence-corrected chi connectivity index (χ2v) is 6.86. The largest absolute Gasteiger partial charge is 0.497 e. The third kappa shape index (κ3) is 5.37. The molecule has 0 saturated heterocycles. The fraction of sp³-hybridized carbons (Fsp3) is 0.300. The molecule has 0 aromatic heterocycles. The molecule has 0 heterocycles. The summed E-state index contributed by atoms with van der Waals surface area (Å²) in [4.78, 5) is 26.0. The maximum atomic E-state index is 12.3. The summed E-state index contributed by atoms with van der Waals surface area (Å²) < 4.78 is 5.08. The standard InChI is InChI=1S/C20H24ClN3O3/c1-12-8-13(2)19(14(3)9-12)23-18(25)11-24(4)20(26)22-17-7-6-15(27-5)10-16(17)21/h6-10H,11H2,1-5H3,(H,22,26)(H,23,25). The smallest absolute Gasteiger partial charge is 0.322 e. The molecular weight excluding hydrogens is 366 g/mol. The quantitative estimate of drug-likeness (QED) is 0.797. The molecule has 27 heavy (non-hydrogen) atoms. The van der Waals surface area contributed by atoms with Crippen molar-refractivity contribution in [1.29, 1.82) is 0 Å². The van der Waals surface area contributed by atoms with E-state index < -0.39 is 6.03 Å². The topological polar surface area (TPSA) is 70.7 Å². The Kier molecular flexibility index (Phi) is 6.69. The Morgan fingerprint density at radius 3 is 2.26 bits per heavy atom. The van der Waals surface area contributed by atoms with Gasteiger partial charge in [0, 0.05) is 18.8 Å². The highest BCUT2D eigenvalue weighted by Crippen LogP contribution is 2.27. The number of carbonyl (C=O) groups is 2. The maximum Gasteiger partial charge on any atom is 0.322 e. The third-order valence-electron chi connectivity index (χ3n) is 4.09. The Morgan fingerprint density at radius 2 is 1.70 bits per heavy atom. The van der Waals surface area contributed by atoms with Gasteiger partial charge in [-0.15, -0.1) is 0 Å². The van der Waals surface area contributed by atoms with Gasteiger partial charge in [-0.1, -0.05) is 29.3 Å². The summed E-state index contributed by atoms with van der Waals surface area (Å²) in [7, 11) is 3.08. The van der Waals surface area contributed by atoms with Crippen molar-refractivity contribution >= 4 is 34.9 Å². The molecule has 0 saturated carbocycles. The number of anilines is 2. The number of urea groups is 1. The van der Waals surface area contributed by atoms with Gasteiger partial charge in [-0.2, -0.15) is 0 Å². The maximum absolute atomic E-state index is 12.3. The van der Waals surface area contributed by atoms with E-state index in [0.717, 1.165) is 22.4 Å². The van der Waals surface area contributed by atoms with Crippen molar-refractivity contribution in [3.8, 4) is 5.75 Å². The van der Waals surface area contributed by atoms with Gasteiger partial charge in [0.2, 0.25) is 5.91 Å². The summed E-state index contributed by atoms with van der Waals surface area (Å²) in [6.45, 7) is 5.80. The molecule has 0 spiro atoms. The zero-order chi connectivity index (χ0) is 20.1. The second-order valence-electron chi connectivity index (χ2n) is 6.45. The van der Waals surface area contributed by atoms with Gasteiger partial charge in [0.15, 0.2) is 0 Å². The number of amides is 3. The molecule has 0 atom stereocenters. The van der Waals surface area contributed by atoms with Crippen molar-refractivity contribution < 1.29 is 14.3 Å². The summed E-state index contributed by atoms with van der Waals surface area (Å²) in [6, 6.07) is 8.51. The first-order chi connectivity index (χ1) is 12.7. The van der Waals surface area contributed by atoms with Crippen LogP contribution in [-0.4, -0.2) is 37.5 Å². The van der Waals surface area contributed by atoms with E-state index in [2.05, 4.69) is 10.6 Å². The van der Waals surface area contributed by atoms with Crippen molar-refractivity contribution in [2.45, 2.75) is 20.8 Å². The Hall–Kier alpha value is -2.73. The highest BCUT2D eigenvalue weighted by atomic mass is 35.5. The molecule has 2 aromatic carbocycles. The number of halogens is 1. The lowest BCUT2D eigenvalue weighted by molar-refractivity contribution is -0.116. The first-order valence-electron chi connectivity index (χ1n) is 8.44. The fourth-order valence-corrected chi connectivity index (χ4v) is 3.00. The van der Waals surface area contributed by atoms with Crippen LogP contribution in [0.15, 0.2) is 30.3 Å². The molecule has 0 fully saturated rings. The predicted octanol–water partition coefficient (Wildman–Crippen LogP) is 4.38. The number of nitrogens with one attached hydrogen (secondary N) is 2. The van der Waals surface area contributed by atoms with Crippen LogP contribution in [-0.2, 0) is 4.79 Å². The number of ether oxygens (including phenoxy) is 1. The lowest BCUT2D eigenvalue weighted by Gasteiger charge is -2.19. The van der Waals surface area contributed by atoms with Gasteiger partial charge in [0.1, 0.15) is 12.3 Å².